The summed E-state index contributed by atoms with van der Waals surface area (Å²) in [5, 5.41) is 11.5. The van der Waals surface area contributed by atoms with Crippen molar-refractivity contribution < 1.29 is 19.2 Å². The number of nitrogens with one attached hydrogen (secondary N) is 2. The van der Waals surface area contributed by atoms with Gasteiger partial charge in [-0.1, -0.05) is 35.9 Å². The molecule has 10 heteroatoms. The molecular formula is C19H17N5O5. The van der Waals surface area contributed by atoms with Crippen molar-refractivity contribution >= 4 is 17.4 Å². The number of carbonyl (C=O) groups excluding carboxylic acids is 1. The molecule has 0 aliphatic carbocycles. The first-order valence-corrected chi connectivity index (χ1v) is 8.49. The van der Waals surface area contributed by atoms with Gasteiger partial charge in [0.05, 0.1) is 4.92 Å². The first-order valence-electron chi connectivity index (χ1n) is 8.49. The molecule has 0 aliphatic heterocycles. The lowest BCUT2D eigenvalue weighted by molar-refractivity contribution is -0.385. The zero-order chi connectivity index (χ0) is 20.6. The van der Waals surface area contributed by atoms with E-state index in [1.54, 1.807) is 48.5 Å². The first kappa shape index (κ1) is 19.5. The van der Waals surface area contributed by atoms with Crippen molar-refractivity contribution in [3.63, 3.8) is 0 Å². The number of benzene rings is 2. The third kappa shape index (κ3) is 5.39. The highest BCUT2D eigenvalue weighted by Gasteiger charge is 2.25. The number of nitro groups is 1. The molecule has 29 heavy (non-hydrogen) atoms. The molecule has 1 amide bonds. The summed E-state index contributed by atoms with van der Waals surface area (Å²) < 4.78 is 10.8. The monoisotopic (exact) mass is 395 g/mol. The summed E-state index contributed by atoms with van der Waals surface area (Å²) >= 11 is 0. The number of carbonyl (C=O) groups is 1. The quantitative estimate of drug-likeness (QED) is 0.440. The number of amides is 1. The van der Waals surface area contributed by atoms with Crippen LogP contribution >= 0.6 is 0 Å². The molecule has 2 aromatic carbocycles. The van der Waals surface area contributed by atoms with Crippen molar-refractivity contribution in [1.29, 1.82) is 0 Å². The number of para-hydroxylation sites is 1. The van der Waals surface area contributed by atoms with Crippen LogP contribution in [-0.4, -0.2) is 27.4 Å². The van der Waals surface area contributed by atoms with Gasteiger partial charge < -0.3 is 9.47 Å². The summed E-state index contributed by atoms with van der Waals surface area (Å²) in [6, 6.07) is 15.7. The van der Waals surface area contributed by atoms with Crippen molar-refractivity contribution in [1.82, 2.24) is 15.4 Å². The Hall–Kier alpha value is -4.21. The number of nitrogens with zero attached hydrogens (tertiary/aromatic N) is 3. The molecule has 0 saturated heterocycles. The van der Waals surface area contributed by atoms with Crippen molar-refractivity contribution in [2.45, 2.75) is 6.92 Å². The molecule has 0 fully saturated rings. The third-order valence-corrected chi connectivity index (χ3v) is 3.64. The van der Waals surface area contributed by atoms with Crippen LogP contribution in [0.25, 0.3) is 0 Å². The summed E-state index contributed by atoms with van der Waals surface area (Å²) in [6.07, 6.45) is 1.09. The van der Waals surface area contributed by atoms with E-state index in [0.29, 0.717) is 11.5 Å². The number of rotatable bonds is 8. The van der Waals surface area contributed by atoms with Gasteiger partial charge in [-0.2, -0.15) is 4.98 Å². The van der Waals surface area contributed by atoms with Gasteiger partial charge in [0.1, 0.15) is 17.8 Å². The van der Waals surface area contributed by atoms with E-state index in [2.05, 4.69) is 20.8 Å². The highest BCUT2D eigenvalue weighted by Crippen LogP contribution is 2.33. The van der Waals surface area contributed by atoms with Crippen LogP contribution in [0.2, 0.25) is 0 Å². The Bertz CT molecular complexity index is 996. The predicted octanol–water partition coefficient (Wildman–Crippen LogP) is 3.01. The normalized spacial score (nSPS) is 10.1. The second kappa shape index (κ2) is 9.13. The van der Waals surface area contributed by atoms with Crippen LogP contribution in [0.5, 0.6) is 17.4 Å². The molecular weight excluding hydrogens is 378 g/mol. The average molecular weight is 395 g/mol. The lowest BCUT2D eigenvalue weighted by Gasteiger charge is -2.11. The van der Waals surface area contributed by atoms with Crippen LogP contribution in [0.3, 0.4) is 0 Å². The van der Waals surface area contributed by atoms with Crippen LogP contribution in [0.15, 0.2) is 60.9 Å². The second-order valence-corrected chi connectivity index (χ2v) is 5.82. The molecule has 0 atom stereocenters. The standard InChI is InChI=1S/C19H17N5O5/c1-13-7-9-15(10-8-13)29-19-17(24(26)27)18(20-12-21-19)23-22-16(25)11-28-14-5-3-2-4-6-14/h2-10,12H,11H2,1H3,(H,22,25)(H,20,21,23). The first-order chi connectivity index (χ1) is 14.0. The molecule has 0 unspecified atom stereocenters. The Morgan fingerprint density at radius 1 is 1.07 bits per heavy atom. The molecule has 3 rings (SSSR count). The summed E-state index contributed by atoms with van der Waals surface area (Å²) in [6.45, 7) is 1.62. The third-order valence-electron chi connectivity index (χ3n) is 3.64. The van der Waals surface area contributed by atoms with Gasteiger partial charge in [0.15, 0.2) is 6.61 Å². The van der Waals surface area contributed by atoms with Gasteiger partial charge in [0.2, 0.25) is 5.82 Å². The topological polar surface area (TPSA) is 129 Å². The Balaban J connectivity index is 1.67. The number of ether oxygens (including phenoxy) is 2. The van der Waals surface area contributed by atoms with E-state index in [0.717, 1.165) is 11.9 Å². The predicted molar refractivity (Wildman–Crippen MR) is 104 cm³/mol. The van der Waals surface area contributed by atoms with E-state index < -0.39 is 16.5 Å². The minimum Gasteiger partial charge on any atom is -0.484 e. The second-order valence-electron chi connectivity index (χ2n) is 5.82. The number of hydrazine groups is 1. The fourth-order valence-corrected chi connectivity index (χ4v) is 2.24. The fraction of sp³-hybridized carbons (Fsp3) is 0.105. The van der Waals surface area contributed by atoms with Gasteiger partial charge in [-0.25, -0.2) is 4.98 Å². The molecule has 3 aromatic rings. The minimum absolute atomic E-state index is 0.222. The van der Waals surface area contributed by atoms with Gasteiger partial charge in [-0.05, 0) is 31.2 Å². The Labute approximate surface area is 165 Å². The van der Waals surface area contributed by atoms with Crippen LogP contribution < -0.4 is 20.3 Å². The van der Waals surface area contributed by atoms with E-state index in [1.165, 1.54) is 0 Å². The molecule has 10 nitrogen and oxygen atoms in total. The summed E-state index contributed by atoms with van der Waals surface area (Å²) in [7, 11) is 0. The molecule has 1 aromatic heterocycles. The highest BCUT2D eigenvalue weighted by atomic mass is 16.6. The largest absolute Gasteiger partial charge is 0.484 e. The fourth-order valence-electron chi connectivity index (χ4n) is 2.24. The van der Waals surface area contributed by atoms with Gasteiger partial charge in [0.25, 0.3) is 5.91 Å². The SMILES string of the molecule is Cc1ccc(Oc2ncnc(NNC(=O)COc3ccccc3)c2[N+](=O)[O-])cc1. The van der Waals surface area contributed by atoms with Gasteiger partial charge >= 0.3 is 11.6 Å². The lowest BCUT2D eigenvalue weighted by atomic mass is 10.2. The summed E-state index contributed by atoms with van der Waals surface area (Å²) in [5.74, 6) is -0.137. The smallest absolute Gasteiger partial charge is 0.374 e. The van der Waals surface area contributed by atoms with Gasteiger partial charge in [-0.3, -0.25) is 25.8 Å². The maximum absolute atomic E-state index is 11.9. The number of hydrogen-bond acceptors (Lipinski definition) is 8. The lowest BCUT2D eigenvalue weighted by Crippen LogP contribution is -2.34. The Morgan fingerprint density at radius 3 is 2.48 bits per heavy atom. The average Bonchev–Trinajstić information content (AvgIpc) is 2.73. The molecule has 0 radical (unpaired) electrons. The maximum Gasteiger partial charge on any atom is 0.374 e. The van der Waals surface area contributed by atoms with Crippen LogP contribution in [0.4, 0.5) is 11.5 Å². The molecule has 0 spiro atoms. The molecule has 148 valence electrons. The minimum atomic E-state index is -0.696. The molecule has 0 bridgehead atoms. The molecule has 1 heterocycles. The summed E-state index contributed by atoms with van der Waals surface area (Å²) in [4.78, 5) is 30.4. The van der Waals surface area contributed by atoms with Gasteiger partial charge in [0, 0.05) is 0 Å². The van der Waals surface area contributed by atoms with Crippen molar-refractivity contribution in [3.05, 3.63) is 76.6 Å². The Kier molecular flexibility index (Phi) is 6.15. The van der Waals surface area contributed by atoms with Crippen LogP contribution in [-0.2, 0) is 4.79 Å². The van der Waals surface area contributed by atoms with E-state index in [1.807, 2.05) is 13.0 Å². The van der Waals surface area contributed by atoms with Crippen molar-refractivity contribution in [3.8, 4) is 17.4 Å². The molecule has 2 N–H and O–H groups in total. The van der Waals surface area contributed by atoms with E-state index in [4.69, 9.17) is 9.47 Å². The van der Waals surface area contributed by atoms with Gasteiger partial charge in [-0.15, -0.1) is 0 Å². The van der Waals surface area contributed by atoms with Crippen LogP contribution in [0, 0.1) is 17.0 Å². The summed E-state index contributed by atoms with van der Waals surface area (Å²) in [5.41, 5.74) is 5.21. The van der Waals surface area contributed by atoms with Crippen molar-refractivity contribution in [2.75, 3.05) is 12.0 Å². The zero-order valence-corrected chi connectivity index (χ0v) is 15.4. The molecule has 0 aliphatic rings. The van der Waals surface area contributed by atoms with E-state index >= 15 is 0 Å². The maximum atomic E-state index is 11.9. The number of hydrogen-bond donors (Lipinski definition) is 2. The molecule has 0 saturated carbocycles. The van der Waals surface area contributed by atoms with E-state index in [9.17, 15) is 14.9 Å². The van der Waals surface area contributed by atoms with E-state index in [-0.39, 0.29) is 18.3 Å². The number of aryl methyl sites for hydroxylation is 1. The number of anilines is 1. The number of aromatic nitrogens is 2. The Morgan fingerprint density at radius 2 is 1.79 bits per heavy atom. The van der Waals surface area contributed by atoms with Crippen molar-refractivity contribution in [2.24, 2.45) is 0 Å². The van der Waals surface area contributed by atoms with Crippen LogP contribution in [0.1, 0.15) is 5.56 Å². The zero-order valence-electron chi connectivity index (χ0n) is 15.4. The highest BCUT2D eigenvalue weighted by molar-refractivity contribution is 5.79.